The van der Waals surface area contributed by atoms with Crippen LogP contribution in [0.3, 0.4) is 0 Å². The molecular weight excluding hydrogens is 356 g/mol. The highest BCUT2D eigenvalue weighted by molar-refractivity contribution is 5.97. The zero-order chi connectivity index (χ0) is 19.1. The Morgan fingerprint density at radius 3 is 2.75 bits per heavy atom. The van der Waals surface area contributed by atoms with E-state index in [4.69, 9.17) is 4.42 Å². The predicted octanol–water partition coefficient (Wildman–Crippen LogP) is 3.26. The molecule has 1 aliphatic heterocycles. The lowest BCUT2D eigenvalue weighted by Gasteiger charge is -2.32. The van der Waals surface area contributed by atoms with Gasteiger partial charge < -0.3 is 14.4 Å². The maximum Gasteiger partial charge on any atom is 0.253 e. The first-order chi connectivity index (χ1) is 13.6. The Kier molecular flexibility index (Phi) is 4.19. The number of hydrogen-bond acceptors (Lipinski definition) is 5. The molecule has 0 atom stereocenters. The SMILES string of the molecule is O=C(c1ccc2occc2c1)N1CCC(n2cc(C3(O)CCCC3)nn2)CC1. The summed E-state index contributed by atoms with van der Waals surface area (Å²) in [7, 11) is 0. The number of aromatic nitrogens is 3. The summed E-state index contributed by atoms with van der Waals surface area (Å²) in [6.07, 6.45) is 8.81. The lowest BCUT2D eigenvalue weighted by Crippen LogP contribution is -2.39. The number of benzene rings is 1. The average molecular weight is 380 g/mol. The fourth-order valence-electron chi connectivity index (χ4n) is 4.50. The number of aliphatic hydroxyl groups is 1. The zero-order valence-corrected chi connectivity index (χ0v) is 15.8. The summed E-state index contributed by atoms with van der Waals surface area (Å²) in [5.41, 5.74) is 1.37. The predicted molar refractivity (Wildman–Crippen MR) is 103 cm³/mol. The molecule has 3 aromatic rings. The Hall–Kier alpha value is -2.67. The average Bonchev–Trinajstić information content (AvgIpc) is 3.47. The normalized spacial score (nSPS) is 20.1. The van der Waals surface area contributed by atoms with E-state index in [1.165, 1.54) is 0 Å². The Morgan fingerprint density at radius 2 is 1.96 bits per heavy atom. The molecule has 1 aliphatic carbocycles. The molecule has 2 aliphatic rings. The van der Waals surface area contributed by atoms with E-state index in [0.29, 0.717) is 24.3 Å². The molecule has 0 spiro atoms. The first-order valence-electron chi connectivity index (χ1n) is 10.0. The molecule has 1 aromatic carbocycles. The van der Waals surface area contributed by atoms with Crippen molar-refractivity contribution in [1.82, 2.24) is 19.9 Å². The molecule has 146 valence electrons. The number of fused-ring (bicyclic) bond motifs is 1. The highest BCUT2D eigenvalue weighted by Gasteiger charge is 2.36. The summed E-state index contributed by atoms with van der Waals surface area (Å²) in [6, 6.07) is 7.65. The second-order valence-corrected chi connectivity index (χ2v) is 8.02. The number of carbonyl (C=O) groups is 1. The van der Waals surface area contributed by atoms with Crippen molar-refractivity contribution in [3.63, 3.8) is 0 Å². The summed E-state index contributed by atoms with van der Waals surface area (Å²) in [6.45, 7) is 1.37. The van der Waals surface area contributed by atoms with Crippen LogP contribution in [0.4, 0.5) is 0 Å². The van der Waals surface area contributed by atoms with Crippen LogP contribution in [0.15, 0.2) is 41.1 Å². The molecule has 1 N–H and O–H groups in total. The maximum absolute atomic E-state index is 12.9. The van der Waals surface area contributed by atoms with Crippen molar-refractivity contribution < 1.29 is 14.3 Å². The zero-order valence-electron chi connectivity index (χ0n) is 15.8. The van der Waals surface area contributed by atoms with Crippen LogP contribution < -0.4 is 0 Å². The van der Waals surface area contributed by atoms with E-state index in [-0.39, 0.29) is 11.9 Å². The van der Waals surface area contributed by atoms with E-state index in [0.717, 1.165) is 49.5 Å². The van der Waals surface area contributed by atoms with Crippen LogP contribution in [0.2, 0.25) is 0 Å². The smallest absolute Gasteiger partial charge is 0.253 e. The molecule has 5 rings (SSSR count). The molecular formula is C21H24N4O3. The minimum atomic E-state index is -0.805. The van der Waals surface area contributed by atoms with Gasteiger partial charge in [0.25, 0.3) is 5.91 Å². The van der Waals surface area contributed by atoms with Gasteiger partial charge in [0, 0.05) is 24.0 Å². The van der Waals surface area contributed by atoms with Gasteiger partial charge in [0.05, 0.1) is 18.5 Å². The molecule has 7 heteroatoms. The molecule has 2 aromatic heterocycles. The maximum atomic E-state index is 12.9. The van der Waals surface area contributed by atoms with Gasteiger partial charge in [-0.1, -0.05) is 18.1 Å². The third-order valence-corrected chi connectivity index (χ3v) is 6.24. The second-order valence-electron chi connectivity index (χ2n) is 8.02. The highest BCUT2D eigenvalue weighted by Crippen LogP contribution is 2.37. The van der Waals surface area contributed by atoms with E-state index in [2.05, 4.69) is 10.3 Å². The lowest BCUT2D eigenvalue weighted by atomic mass is 9.99. The first-order valence-corrected chi connectivity index (χ1v) is 10.0. The van der Waals surface area contributed by atoms with Crippen molar-refractivity contribution in [1.29, 1.82) is 0 Å². The molecule has 1 saturated heterocycles. The molecule has 0 bridgehead atoms. The molecule has 2 fully saturated rings. The molecule has 0 unspecified atom stereocenters. The van der Waals surface area contributed by atoms with E-state index in [1.54, 1.807) is 6.26 Å². The largest absolute Gasteiger partial charge is 0.464 e. The number of carbonyl (C=O) groups excluding carboxylic acids is 1. The quantitative estimate of drug-likeness (QED) is 0.754. The fraction of sp³-hybridized carbons (Fsp3) is 0.476. The molecule has 1 saturated carbocycles. The number of amides is 1. The van der Waals surface area contributed by atoms with Crippen LogP contribution in [-0.4, -0.2) is 44.0 Å². The molecule has 3 heterocycles. The number of furan rings is 1. The molecule has 1 amide bonds. The second kappa shape index (κ2) is 6.74. The van der Waals surface area contributed by atoms with Gasteiger partial charge in [-0.3, -0.25) is 4.79 Å². The van der Waals surface area contributed by atoms with Crippen LogP contribution in [0.5, 0.6) is 0 Å². The summed E-state index contributed by atoms with van der Waals surface area (Å²) < 4.78 is 7.23. The van der Waals surface area contributed by atoms with E-state index < -0.39 is 5.60 Å². The van der Waals surface area contributed by atoms with Crippen molar-refractivity contribution >= 4 is 16.9 Å². The van der Waals surface area contributed by atoms with E-state index >= 15 is 0 Å². The highest BCUT2D eigenvalue weighted by atomic mass is 16.3. The van der Waals surface area contributed by atoms with Crippen LogP contribution in [0.1, 0.15) is 60.6 Å². The lowest BCUT2D eigenvalue weighted by molar-refractivity contribution is 0.0398. The van der Waals surface area contributed by atoms with Gasteiger partial charge >= 0.3 is 0 Å². The van der Waals surface area contributed by atoms with Crippen molar-refractivity contribution in [3.05, 3.63) is 48.0 Å². The van der Waals surface area contributed by atoms with Gasteiger partial charge in [-0.05, 0) is 49.9 Å². The van der Waals surface area contributed by atoms with Crippen LogP contribution in [-0.2, 0) is 5.60 Å². The Morgan fingerprint density at radius 1 is 1.18 bits per heavy atom. The summed E-state index contributed by atoms with van der Waals surface area (Å²) >= 11 is 0. The van der Waals surface area contributed by atoms with Gasteiger partial charge in [0.1, 0.15) is 16.9 Å². The number of likely N-dealkylation sites (tertiary alicyclic amines) is 1. The van der Waals surface area contributed by atoms with Gasteiger partial charge in [-0.15, -0.1) is 5.10 Å². The number of hydrogen-bond donors (Lipinski definition) is 1. The third-order valence-electron chi connectivity index (χ3n) is 6.24. The van der Waals surface area contributed by atoms with Crippen molar-refractivity contribution in [2.75, 3.05) is 13.1 Å². The Labute approximate surface area is 162 Å². The minimum Gasteiger partial charge on any atom is -0.464 e. The van der Waals surface area contributed by atoms with Crippen LogP contribution >= 0.6 is 0 Å². The number of piperidine rings is 1. The Bertz CT molecular complexity index is 994. The van der Waals surface area contributed by atoms with Gasteiger partial charge in [0.15, 0.2) is 0 Å². The topological polar surface area (TPSA) is 84.4 Å². The molecule has 28 heavy (non-hydrogen) atoms. The fourth-order valence-corrected chi connectivity index (χ4v) is 4.50. The number of nitrogens with zero attached hydrogens (tertiary/aromatic N) is 4. The van der Waals surface area contributed by atoms with Gasteiger partial charge in [0.2, 0.25) is 0 Å². The van der Waals surface area contributed by atoms with Crippen LogP contribution in [0, 0.1) is 0 Å². The van der Waals surface area contributed by atoms with E-state index in [1.807, 2.05) is 40.0 Å². The van der Waals surface area contributed by atoms with E-state index in [9.17, 15) is 9.90 Å². The van der Waals surface area contributed by atoms with Gasteiger partial charge in [-0.25, -0.2) is 4.68 Å². The minimum absolute atomic E-state index is 0.0566. The molecule has 7 nitrogen and oxygen atoms in total. The third kappa shape index (κ3) is 2.99. The summed E-state index contributed by atoms with van der Waals surface area (Å²) in [4.78, 5) is 14.8. The standard InChI is InChI=1S/C21H24N4O3/c26-20(16-3-4-18-15(13-16)7-12-28-18)24-10-5-17(6-11-24)25-14-19(22-23-25)21(27)8-1-2-9-21/h3-4,7,12-14,17,27H,1-2,5-6,8-11H2. The monoisotopic (exact) mass is 380 g/mol. The summed E-state index contributed by atoms with van der Waals surface area (Å²) in [5, 5.41) is 20.2. The van der Waals surface area contributed by atoms with Crippen LogP contribution in [0.25, 0.3) is 11.0 Å². The summed E-state index contributed by atoms with van der Waals surface area (Å²) in [5.74, 6) is 0.0566. The Balaban J connectivity index is 1.25. The van der Waals surface area contributed by atoms with Crippen molar-refractivity contribution in [2.45, 2.75) is 50.2 Å². The first kappa shape index (κ1) is 17.4. The molecule has 0 radical (unpaired) electrons. The van der Waals surface area contributed by atoms with Crippen molar-refractivity contribution in [2.24, 2.45) is 0 Å². The van der Waals surface area contributed by atoms with Crippen molar-refractivity contribution in [3.8, 4) is 0 Å². The van der Waals surface area contributed by atoms with Gasteiger partial charge in [-0.2, -0.15) is 0 Å². The number of rotatable bonds is 3.